The van der Waals surface area contributed by atoms with Gasteiger partial charge in [-0.3, -0.25) is 9.36 Å². The molecule has 1 aromatic heterocycles. The van der Waals surface area contributed by atoms with E-state index in [1.54, 1.807) is 4.90 Å². The molecule has 0 unspecified atom stereocenters. The lowest BCUT2D eigenvalue weighted by molar-refractivity contribution is 0.00578. The summed E-state index contributed by atoms with van der Waals surface area (Å²) >= 11 is 0. The van der Waals surface area contributed by atoms with Crippen molar-refractivity contribution in [2.24, 2.45) is 5.92 Å². The summed E-state index contributed by atoms with van der Waals surface area (Å²) in [7, 11) is -0.548. The fraction of sp³-hybridized carbons (Fsp3) is 0.679. The van der Waals surface area contributed by atoms with Gasteiger partial charge in [0.1, 0.15) is 11.4 Å². The van der Waals surface area contributed by atoms with Crippen molar-refractivity contribution in [1.29, 1.82) is 0 Å². The number of likely N-dealkylation sites (tertiary alicyclic amines) is 1. The van der Waals surface area contributed by atoms with Gasteiger partial charge in [0.05, 0.1) is 22.1 Å². The average molecular weight is 511 g/mol. The van der Waals surface area contributed by atoms with Crippen LogP contribution in [0.5, 0.6) is 0 Å². The molecule has 0 aliphatic carbocycles. The van der Waals surface area contributed by atoms with Crippen molar-refractivity contribution < 1.29 is 18.8 Å². The third-order valence-corrected chi connectivity index (χ3v) is 7.66. The molecular weight excluding hydrogens is 469 g/mol. The van der Waals surface area contributed by atoms with Crippen LogP contribution in [0.2, 0.25) is 0 Å². The van der Waals surface area contributed by atoms with Crippen LogP contribution in [0.1, 0.15) is 86.9 Å². The Kier molecular flexibility index (Phi) is 7.27. The van der Waals surface area contributed by atoms with Crippen LogP contribution in [0.15, 0.2) is 23.0 Å². The summed E-state index contributed by atoms with van der Waals surface area (Å²) in [5, 5.41) is 0.552. The first-order valence-corrected chi connectivity index (χ1v) is 13.5. The zero-order chi connectivity index (χ0) is 27.3. The molecule has 2 aliphatic rings. The Hall–Kier alpha value is -2.39. The minimum atomic E-state index is -0.548. The van der Waals surface area contributed by atoms with Gasteiger partial charge in [-0.1, -0.05) is 19.9 Å². The quantitative estimate of drug-likeness (QED) is 0.564. The van der Waals surface area contributed by atoms with Crippen LogP contribution in [0.25, 0.3) is 10.9 Å². The molecule has 0 spiro atoms. The van der Waals surface area contributed by atoms with Crippen LogP contribution in [0, 0.1) is 5.92 Å². The lowest BCUT2D eigenvalue weighted by atomic mass is 9.78. The van der Waals surface area contributed by atoms with Gasteiger partial charge >= 0.3 is 13.2 Å². The number of hydrogen-bond acceptors (Lipinski definition) is 6. The molecule has 37 heavy (non-hydrogen) atoms. The second kappa shape index (κ2) is 9.73. The molecule has 8 nitrogen and oxygen atoms in total. The van der Waals surface area contributed by atoms with Gasteiger partial charge in [0.25, 0.3) is 5.56 Å². The number of piperidine rings is 1. The Balaban J connectivity index is 1.65. The summed E-state index contributed by atoms with van der Waals surface area (Å²) in [6.45, 7) is 19.5. The molecule has 2 saturated heterocycles. The maximum Gasteiger partial charge on any atom is 0.494 e. The molecule has 3 heterocycles. The summed E-state index contributed by atoms with van der Waals surface area (Å²) in [5.41, 5.74) is -0.0577. The van der Waals surface area contributed by atoms with Crippen LogP contribution in [-0.2, 0) is 20.6 Å². The number of carbonyl (C=O) groups excluding carboxylic acids is 1. The Bertz CT molecular complexity index is 1210. The molecule has 1 amide bonds. The Morgan fingerprint density at radius 2 is 1.84 bits per heavy atom. The summed E-state index contributed by atoms with van der Waals surface area (Å²) < 4.78 is 19.8. The lowest BCUT2D eigenvalue weighted by Gasteiger charge is -2.34. The third-order valence-electron chi connectivity index (χ3n) is 7.66. The molecule has 2 aromatic rings. The molecule has 0 saturated carbocycles. The molecule has 2 aliphatic heterocycles. The number of aromatic nitrogens is 2. The van der Waals surface area contributed by atoms with Crippen LogP contribution in [0.3, 0.4) is 0 Å². The summed E-state index contributed by atoms with van der Waals surface area (Å²) in [4.78, 5) is 33.2. The van der Waals surface area contributed by atoms with Gasteiger partial charge in [0.2, 0.25) is 0 Å². The number of ether oxygens (including phenoxy) is 1. The highest BCUT2D eigenvalue weighted by atomic mass is 16.7. The minimum absolute atomic E-state index is 0.0681. The normalized spacial score (nSPS) is 21.6. The zero-order valence-corrected chi connectivity index (χ0v) is 23.9. The van der Waals surface area contributed by atoms with E-state index in [1.807, 2.05) is 71.2 Å². The molecule has 9 heteroatoms. The predicted octanol–water partition coefficient (Wildman–Crippen LogP) is 4.47. The van der Waals surface area contributed by atoms with Gasteiger partial charge in [0, 0.05) is 25.6 Å². The maximum atomic E-state index is 13.9. The van der Waals surface area contributed by atoms with E-state index in [2.05, 4.69) is 13.8 Å². The van der Waals surface area contributed by atoms with Crippen molar-refractivity contribution in [3.8, 4) is 0 Å². The van der Waals surface area contributed by atoms with E-state index in [4.69, 9.17) is 19.0 Å². The standard InChI is InChI=1S/C28H42BN3O5/c1-18(2)23-30-22-13-12-20(29-36-27(6,7)28(8,9)37-29)15-21(22)24(33)32(23)17-19-11-10-14-31(16-19)25(34)35-26(3,4)5/h12-13,15,18-19H,10-11,14,16-17H2,1-9H3/t19-/m0/s1. The highest BCUT2D eigenvalue weighted by molar-refractivity contribution is 6.62. The van der Waals surface area contributed by atoms with Crippen molar-refractivity contribution in [3.05, 3.63) is 34.4 Å². The van der Waals surface area contributed by atoms with Crippen LogP contribution in [-0.4, -0.2) is 57.6 Å². The summed E-state index contributed by atoms with van der Waals surface area (Å²) in [6, 6.07) is 5.69. The van der Waals surface area contributed by atoms with Crippen molar-refractivity contribution >= 4 is 29.6 Å². The first kappa shape index (κ1) is 27.6. The van der Waals surface area contributed by atoms with Crippen LogP contribution < -0.4 is 11.0 Å². The van der Waals surface area contributed by atoms with E-state index in [9.17, 15) is 9.59 Å². The van der Waals surface area contributed by atoms with Crippen LogP contribution in [0.4, 0.5) is 4.79 Å². The highest BCUT2D eigenvalue weighted by Gasteiger charge is 2.51. The largest absolute Gasteiger partial charge is 0.494 e. The minimum Gasteiger partial charge on any atom is -0.444 e. The van der Waals surface area contributed by atoms with Gasteiger partial charge in [-0.25, -0.2) is 9.78 Å². The topological polar surface area (TPSA) is 82.9 Å². The summed E-state index contributed by atoms with van der Waals surface area (Å²) in [6.07, 6.45) is 1.52. The average Bonchev–Trinajstić information content (AvgIpc) is 3.01. The monoisotopic (exact) mass is 511 g/mol. The fourth-order valence-corrected chi connectivity index (χ4v) is 4.96. The van der Waals surface area contributed by atoms with Crippen molar-refractivity contribution in [3.63, 3.8) is 0 Å². The van der Waals surface area contributed by atoms with Gasteiger partial charge in [-0.15, -0.1) is 0 Å². The SMILES string of the molecule is CC(C)c1nc2ccc(B3OC(C)(C)C(C)(C)O3)cc2c(=O)n1C[C@H]1CCCN(C(=O)OC(C)(C)C)C1. The molecule has 2 fully saturated rings. The first-order chi connectivity index (χ1) is 17.1. The van der Waals surface area contributed by atoms with E-state index >= 15 is 0 Å². The number of benzene rings is 1. The molecule has 1 aromatic carbocycles. The van der Waals surface area contributed by atoms with Gasteiger partial charge < -0.3 is 18.9 Å². The smallest absolute Gasteiger partial charge is 0.444 e. The highest BCUT2D eigenvalue weighted by Crippen LogP contribution is 2.36. The van der Waals surface area contributed by atoms with Crippen molar-refractivity contribution in [2.45, 2.75) is 104 Å². The van der Waals surface area contributed by atoms with E-state index in [0.717, 1.165) is 24.1 Å². The molecular formula is C28H42BN3O5. The Morgan fingerprint density at radius 3 is 2.43 bits per heavy atom. The van der Waals surface area contributed by atoms with E-state index in [0.29, 0.717) is 30.5 Å². The zero-order valence-electron chi connectivity index (χ0n) is 23.9. The van der Waals surface area contributed by atoms with Gasteiger partial charge in [-0.05, 0) is 84.8 Å². The summed E-state index contributed by atoms with van der Waals surface area (Å²) in [5.74, 6) is 0.975. The molecule has 1 atom stereocenters. The Morgan fingerprint density at radius 1 is 1.19 bits per heavy atom. The third kappa shape index (κ3) is 5.72. The number of amides is 1. The van der Waals surface area contributed by atoms with Crippen molar-refractivity contribution in [1.82, 2.24) is 14.5 Å². The second-order valence-corrected chi connectivity index (χ2v) is 12.8. The predicted molar refractivity (Wildman–Crippen MR) is 146 cm³/mol. The van der Waals surface area contributed by atoms with E-state index in [-0.39, 0.29) is 23.5 Å². The number of carbonyl (C=O) groups is 1. The first-order valence-electron chi connectivity index (χ1n) is 13.5. The van der Waals surface area contributed by atoms with E-state index < -0.39 is 23.9 Å². The maximum absolute atomic E-state index is 13.9. The molecule has 0 N–H and O–H groups in total. The van der Waals surface area contributed by atoms with E-state index in [1.165, 1.54) is 0 Å². The van der Waals surface area contributed by atoms with Gasteiger partial charge in [-0.2, -0.15) is 0 Å². The fourth-order valence-electron chi connectivity index (χ4n) is 4.96. The molecule has 0 radical (unpaired) electrons. The second-order valence-electron chi connectivity index (χ2n) is 12.8. The number of rotatable bonds is 4. The number of nitrogens with zero attached hydrogens (tertiary/aromatic N) is 3. The number of hydrogen-bond donors (Lipinski definition) is 0. The Labute approximate surface area is 220 Å². The lowest BCUT2D eigenvalue weighted by Crippen LogP contribution is -2.44. The van der Waals surface area contributed by atoms with Gasteiger partial charge in [0.15, 0.2) is 0 Å². The molecule has 202 valence electrons. The molecule has 4 rings (SSSR count). The van der Waals surface area contributed by atoms with Crippen molar-refractivity contribution in [2.75, 3.05) is 13.1 Å². The van der Waals surface area contributed by atoms with Crippen LogP contribution >= 0.6 is 0 Å². The number of fused-ring (bicyclic) bond motifs is 1. The molecule has 0 bridgehead atoms.